The zero-order valence-electron chi connectivity index (χ0n) is 21.5. The molecular weight excluding hydrogens is 440 g/mol. The molecule has 0 aromatic carbocycles. The normalized spacial score (nSPS) is 21.7. The second kappa shape index (κ2) is 8.94. The number of aromatic nitrogens is 3. The van der Waals surface area contributed by atoms with E-state index in [1.165, 1.54) is 0 Å². The van der Waals surface area contributed by atoms with E-state index in [4.69, 9.17) is 9.72 Å². The second-order valence-electron chi connectivity index (χ2n) is 11.3. The van der Waals surface area contributed by atoms with Gasteiger partial charge >= 0.3 is 0 Å². The van der Waals surface area contributed by atoms with Crippen LogP contribution in [0.2, 0.25) is 0 Å². The van der Waals surface area contributed by atoms with Gasteiger partial charge in [-0.25, -0.2) is 4.98 Å². The first-order valence-electron chi connectivity index (χ1n) is 12.8. The summed E-state index contributed by atoms with van der Waals surface area (Å²) < 4.78 is 7.83. The third-order valence-corrected chi connectivity index (χ3v) is 7.58. The lowest BCUT2D eigenvalue weighted by Crippen LogP contribution is -2.58. The molecule has 0 spiro atoms. The standard InChI is InChI=1S/C27H36N6O2/c1-17(2)23-14-31(8-9-33(23)24(34)15-32-13-18(3)12-29-32)26-21(11-28)20-10-27(4,5)35-16-22(20)25(30-26)19-6-7-19/h12-13,17,19,23H,6-10,14-16H2,1-5H3/t23-/m0/s1. The van der Waals surface area contributed by atoms with Gasteiger partial charge in [0.05, 0.1) is 35.7 Å². The fraction of sp³-hybridized carbons (Fsp3) is 0.630. The molecule has 0 N–H and O–H groups in total. The Balaban J connectivity index is 1.45. The molecule has 0 radical (unpaired) electrons. The first kappa shape index (κ1) is 23.8. The van der Waals surface area contributed by atoms with Gasteiger partial charge < -0.3 is 14.5 Å². The predicted molar refractivity (Wildman–Crippen MR) is 133 cm³/mol. The van der Waals surface area contributed by atoms with Gasteiger partial charge in [-0.15, -0.1) is 0 Å². The lowest BCUT2D eigenvalue weighted by molar-refractivity contribution is -0.135. The van der Waals surface area contributed by atoms with Crippen molar-refractivity contribution >= 4 is 11.7 Å². The molecule has 4 heterocycles. The third-order valence-electron chi connectivity index (χ3n) is 7.58. The van der Waals surface area contributed by atoms with Crippen LogP contribution in [-0.4, -0.2) is 56.8 Å². The van der Waals surface area contributed by atoms with E-state index < -0.39 is 0 Å². The Morgan fingerprint density at radius 3 is 2.69 bits per heavy atom. The highest BCUT2D eigenvalue weighted by Crippen LogP contribution is 2.46. The quantitative estimate of drug-likeness (QED) is 0.656. The topological polar surface area (TPSA) is 87.3 Å². The largest absolute Gasteiger partial charge is 0.370 e. The molecule has 5 rings (SSSR count). The van der Waals surface area contributed by atoms with E-state index in [9.17, 15) is 10.1 Å². The van der Waals surface area contributed by atoms with Crippen LogP contribution in [-0.2, 0) is 29.1 Å². The minimum atomic E-state index is -0.297. The van der Waals surface area contributed by atoms with Gasteiger partial charge in [-0.1, -0.05) is 13.8 Å². The van der Waals surface area contributed by atoms with E-state index in [0.29, 0.717) is 37.7 Å². The van der Waals surface area contributed by atoms with E-state index >= 15 is 0 Å². The van der Waals surface area contributed by atoms with Gasteiger partial charge in [-0.05, 0) is 50.7 Å². The van der Waals surface area contributed by atoms with Crippen LogP contribution < -0.4 is 4.90 Å². The maximum atomic E-state index is 13.2. The van der Waals surface area contributed by atoms with E-state index in [1.54, 1.807) is 10.9 Å². The van der Waals surface area contributed by atoms with Gasteiger partial charge in [0.15, 0.2) is 0 Å². The van der Waals surface area contributed by atoms with Crippen molar-refractivity contribution in [2.75, 3.05) is 24.5 Å². The van der Waals surface area contributed by atoms with Crippen LogP contribution in [0.5, 0.6) is 0 Å². The highest BCUT2D eigenvalue weighted by atomic mass is 16.5. The molecule has 2 aromatic heterocycles. The Morgan fingerprint density at radius 2 is 2.06 bits per heavy atom. The molecule has 8 heteroatoms. The molecule has 8 nitrogen and oxygen atoms in total. The number of pyridine rings is 1. The lowest BCUT2D eigenvalue weighted by Gasteiger charge is -2.44. The average molecular weight is 477 g/mol. The number of rotatable bonds is 5. The van der Waals surface area contributed by atoms with Crippen molar-refractivity contribution in [1.29, 1.82) is 5.26 Å². The summed E-state index contributed by atoms with van der Waals surface area (Å²) in [4.78, 5) is 22.6. The van der Waals surface area contributed by atoms with Crippen LogP contribution in [0.4, 0.5) is 5.82 Å². The Kier molecular flexibility index (Phi) is 6.08. The van der Waals surface area contributed by atoms with Gasteiger partial charge in [-0.2, -0.15) is 10.4 Å². The molecule has 1 atom stereocenters. The van der Waals surface area contributed by atoms with Gasteiger partial charge in [0, 0.05) is 43.7 Å². The smallest absolute Gasteiger partial charge is 0.244 e. The first-order chi connectivity index (χ1) is 16.7. The number of anilines is 1. The van der Waals surface area contributed by atoms with Gasteiger partial charge in [-0.3, -0.25) is 9.48 Å². The highest BCUT2D eigenvalue weighted by molar-refractivity contribution is 5.77. The fourth-order valence-electron chi connectivity index (χ4n) is 5.48. The molecule has 0 bridgehead atoms. The van der Waals surface area contributed by atoms with Gasteiger partial charge in [0.25, 0.3) is 0 Å². The fourth-order valence-corrected chi connectivity index (χ4v) is 5.48. The van der Waals surface area contributed by atoms with Crippen LogP contribution in [0.25, 0.3) is 0 Å². The molecule has 0 unspecified atom stereocenters. The number of ether oxygens (including phenoxy) is 1. The average Bonchev–Trinajstić information content (AvgIpc) is 3.58. The Bertz CT molecular complexity index is 1170. The van der Waals surface area contributed by atoms with Crippen molar-refractivity contribution in [1.82, 2.24) is 19.7 Å². The zero-order valence-corrected chi connectivity index (χ0v) is 21.5. The molecule has 1 saturated carbocycles. The van der Waals surface area contributed by atoms with Crippen molar-refractivity contribution in [2.45, 2.75) is 84.6 Å². The minimum absolute atomic E-state index is 0.0430. The van der Waals surface area contributed by atoms with Crippen LogP contribution in [0.15, 0.2) is 12.4 Å². The summed E-state index contributed by atoms with van der Waals surface area (Å²) in [7, 11) is 0. The van der Waals surface area contributed by atoms with E-state index in [-0.39, 0.29) is 30.0 Å². The number of nitriles is 1. The van der Waals surface area contributed by atoms with Crippen molar-refractivity contribution < 1.29 is 9.53 Å². The molecule has 35 heavy (non-hydrogen) atoms. The van der Waals surface area contributed by atoms with Crippen LogP contribution in [0.3, 0.4) is 0 Å². The van der Waals surface area contributed by atoms with E-state index in [0.717, 1.165) is 47.5 Å². The molecule has 2 fully saturated rings. The zero-order chi connectivity index (χ0) is 24.9. The summed E-state index contributed by atoms with van der Waals surface area (Å²) >= 11 is 0. The molecular formula is C27H36N6O2. The minimum Gasteiger partial charge on any atom is -0.370 e. The monoisotopic (exact) mass is 476 g/mol. The SMILES string of the molecule is Cc1cnn(CC(=O)N2CCN(c3nc(C4CC4)c4c(c3C#N)CC(C)(C)OC4)C[C@H]2C(C)C)c1. The van der Waals surface area contributed by atoms with Crippen LogP contribution in [0.1, 0.15) is 74.4 Å². The maximum Gasteiger partial charge on any atom is 0.244 e. The van der Waals surface area contributed by atoms with Crippen LogP contribution >= 0.6 is 0 Å². The summed E-state index contributed by atoms with van der Waals surface area (Å²) in [6.45, 7) is 13.2. The summed E-state index contributed by atoms with van der Waals surface area (Å²) in [6.07, 6.45) is 6.70. The number of carbonyl (C=O) groups is 1. The third kappa shape index (κ3) is 4.66. The molecule has 2 aromatic rings. The van der Waals surface area contributed by atoms with E-state index in [1.807, 2.05) is 18.0 Å². The lowest BCUT2D eigenvalue weighted by atomic mass is 9.87. The molecule has 1 saturated heterocycles. The number of nitrogens with zero attached hydrogens (tertiary/aromatic N) is 6. The molecule has 3 aliphatic rings. The second-order valence-corrected chi connectivity index (χ2v) is 11.3. The number of fused-ring (bicyclic) bond motifs is 1. The Hall–Kier alpha value is -2.92. The summed E-state index contributed by atoms with van der Waals surface area (Å²) in [5, 5.41) is 14.6. The highest BCUT2D eigenvalue weighted by Gasteiger charge is 2.39. The molecule has 2 aliphatic heterocycles. The predicted octanol–water partition coefficient (Wildman–Crippen LogP) is 3.56. The Labute approximate surface area is 207 Å². The van der Waals surface area contributed by atoms with Gasteiger partial charge in [0.2, 0.25) is 5.91 Å². The summed E-state index contributed by atoms with van der Waals surface area (Å²) in [6, 6.07) is 2.55. The number of amides is 1. The Morgan fingerprint density at radius 1 is 1.29 bits per heavy atom. The van der Waals surface area contributed by atoms with Crippen molar-refractivity contribution in [3.8, 4) is 6.07 Å². The van der Waals surface area contributed by atoms with Gasteiger partial charge in [0.1, 0.15) is 18.4 Å². The summed E-state index contributed by atoms with van der Waals surface area (Å²) in [5.41, 5.74) is 4.81. The van der Waals surface area contributed by atoms with Crippen molar-refractivity contribution in [3.63, 3.8) is 0 Å². The number of hydrogen-bond acceptors (Lipinski definition) is 6. The van der Waals surface area contributed by atoms with Crippen molar-refractivity contribution in [2.24, 2.45) is 5.92 Å². The summed E-state index contributed by atoms with van der Waals surface area (Å²) in [5.74, 6) is 1.63. The van der Waals surface area contributed by atoms with Crippen molar-refractivity contribution in [3.05, 3.63) is 40.3 Å². The van der Waals surface area contributed by atoms with E-state index in [2.05, 4.69) is 43.8 Å². The maximum absolute atomic E-state index is 13.2. The number of carbonyl (C=O) groups excluding carboxylic acids is 1. The molecule has 1 aliphatic carbocycles. The number of hydrogen-bond donors (Lipinski definition) is 0. The number of piperazine rings is 1. The van der Waals surface area contributed by atoms with Crippen LogP contribution in [0, 0.1) is 24.2 Å². The molecule has 186 valence electrons. The first-order valence-corrected chi connectivity index (χ1v) is 12.8. The molecule has 1 amide bonds. The number of aryl methyl sites for hydroxylation is 1.